The molecule has 0 N–H and O–H groups in total. The predicted molar refractivity (Wildman–Crippen MR) is 588 cm³/mol. The van der Waals surface area contributed by atoms with Crippen molar-refractivity contribution in [3.8, 4) is 55.9 Å². The zero-order valence-electron chi connectivity index (χ0n) is 95.1. The zero-order chi connectivity index (χ0) is 104. The molecule has 2 aliphatic rings. The number of nitrogens with zero attached hydrogens (tertiary/aromatic N) is 4. The van der Waals surface area contributed by atoms with Gasteiger partial charge in [-0.2, -0.15) is 0 Å². The maximum absolute atomic E-state index is 9.95. The minimum absolute atomic E-state index is 0.130. The van der Waals surface area contributed by atoms with Gasteiger partial charge < -0.3 is 18.9 Å². The fraction of sp³-hybridized carbons (Fsp3) is 0.395. The molecule has 0 unspecified atom stereocenters. The van der Waals surface area contributed by atoms with Gasteiger partial charge in [0, 0.05) is 88.9 Å². The van der Waals surface area contributed by atoms with Crippen molar-refractivity contribution in [1.29, 1.82) is 0 Å². The minimum Gasteiger partial charge on any atom is -0.310 e. The van der Waals surface area contributed by atoms with Crippen molar-refractivity contribution in [2.24, 2.45) is 37.9 Å². The van der Waals surface area contributed by atoms with Crippen LogP contribution < -0.4 is 26.2 Å². The molecule has 0 radical (unpaired) electrons. The molecule has 0 fully saturated rings. The molecular formula is C129H153BN4. The average Bonchev–Trinajstić information content (AvgIpc) is 1.53. The molecular weight excluding hydrogens is 1620 g/mol. The van der Waals surface area contributed by atoms with Crippen molar-refractivity contribution in [3.63, 3.8) is 0 Å². The van der Waals surface area contributed by atoms with Gasteiger partial charge in [0.25, 0.3) is 6.71 Å². The van der Waals surface area contributed by atoms with E-state index in [1.54, 1.807) is 0 Å². The first kappa shape index (κ1) is 84.8. The fourth-order valence-corrected chi connectivity index (χ4v) is 20.9. The highest BCUT2D eigenvalue weighted by Gasteiger charge is 2.47. The van der Waals surface area contributed by atoms with E-state index in [2.05, 4.69) is 358 Å². The van der Waals surface area contributed by atoms with Crippen molar-refractivity contribution >= 4 is 101 Å². The van der Waals surface area contributed by atoms with Gasteiger partial charge in [0.05, 0.1) is 33.4 Å². The van der Waals surface area contributed by atoms with Gasteiger partial charge in [-0.05, 0) is 313 Å². The molecule has 692 valence electrons. The minimum atomic E-state index is -1.76. The first-order valence-electron chi connectivity index (χ1n) is 53.3. The number of rotatable bonds is 15. The molecule has 0 saturated heterocycles. The van der Waals surface area contributed by atoms with Crippen LogP contribution in [0.2, 0.25) is 0 Å². The lowest BCUT2D eigenvalue weighted by Gasteiger charge is -2.46. The molecule has 4 heterocycles. The fourth-order valence-electron chi connectivity index (χ4n) is 20.9. The quantitative estimate of drug-likeness (QED) is 0.0951. The second-order valence-corrected chi connectivity index (χ2v) is 51.4. The second-order valence-electron chi connectivity index (χ2n) is 51.4. The van der Waals surface area contributed by atoms with Crippen LogP contribution in [0.3, 0.4) is 0 Å². The Morgan fingerprint density at radius 1 is 0.231 bits per heavy atom. The molecule has 13 aromatic carbocycles. The molecule has 2 aromatic heterocycles. The van der Waals surface area contributed by atoms with E-state index in [1.165, 1.54) is 33.4 Å². The van der Waals surface area contributed by atoms with E-state index in [0.29, 0.717) is 28.7 Å². The highest BCUT2D eigenvalue weighted by molar-refractivity contribution is 7.00. The Morgan fingerprint density at radius 2 is 0.478 bits per heavy atom. The summed E-state index contributed by atoms with van der Waals surface area (Å²) in [6.07, 6.45) is -4.78. The molecule has 0 bridgehead atoms. The standard InChI is InChI=1S/C129H153BN4/c1-119(2,3)74-81-46-54-108-102(58-81)103-59-82(75-120(4,5)6)47-55-109(103)131(108)96-50-52-106-112(72-96)133(117-98(88-38-34-42-92(68-88)126(22,23)24)62-85(78-123(13,14)15)63-99(117)89-39-35-43-93(69-89)127(25,26)27)114-66-87(80-125(19,20)21)67-115-116(114)130(106)107-53-51-97(132-110-56-48-83(76-121(7,8)9)60-104(110)105-61-84(49-57-111(105)132)77-122(10,11)12)73-113(107)134(115)118-100(90-40-36-44-94(70-90)128(28,29)30)64-86(79-124(16,17)18)65-101(118)91-41-37-45-95(71-91)129(31,32)33/h34-73H,74-80H2,1-33H3/i74D2,75D2,76D2,77D2. The molecule has 15 aromatic rings. The largest absolute Gasteiger partial charge is 0.310 e. The van der Waals surface area contributed by atoms with Crippen LogP contribution in [0, 0.1) is 37.9 Å². The molecule has 0 amide bonds. The Kier molecular flexibility index (Phi) is 21.2. The van der Waals surface area contributed by atoms with Gasteiger partial charge in [-0.15, -0.1) is 0 Å². The van der Waals surface area contributed by atoms with Gasteiger partial charge in [-0.1, -0.05) is 362 Å². The van der Waals surface area contributed by atoms with E-state index in [9.17, 15) is 11.0 Å². The van der Waals surface area contributed by atoms with Crippen LogP contribution in [-0.4, -0.2) is 15.8 Å². The third-order valence-corrected chi connectivity index (χ3v) is 26.4. The van der Waals surface area contributed by atoms with Crippen LogP contribution in [0.5, 0.6) is 0 Å². The summed E-state index contributed by atoms with van der Waals surface area (Å²) in [4.78, 5) is 5.44. The lowest BCUT2D eigenvalue weighted by Crippen LogP contribution is -2.61. The zero-order valence-corrected chi connectivity index (χ0v) is 87.1. The average molecular weight is 1780 g/mol. The molecule has 0 saturated carbocycles. The highest BCUT2D eigenvalue weighted by Crippen LogP contribution is 2.57. The number of hydrogen-bond donors (Lipinski definition) is 0. The molecule has 134 heavy (non-hydrogen) atoms. The molecule has 17 rings (SSSR count). The van der Waals surface area contributed by atoms with E-state index in [-0.39, 0.29) is 37.9 Å². The van der Waals surface area contributed by atoms with Crippen molar-refractivity contribution in [2.45, 2.75) is 295 Å². The number of fused-ring (bicyclic) bond motifs is 10. The predicted octanol–water partition coefficient (Wildman–Crippen LogP) is 34.9. The Balaban J connectivity index is 1.12. The van der Waals surface area contributed by atoms with Crippen molar-refractivity contribution in [3.05, 3.63) is 304 Å². The third kappa shape index (κ3) is 19.7. The van der Waals surface area contributed by atoms with Gasteiger partial charge in [-0.25, -0.2) is 0 Å². The van der Waals surface area contributed by atoms with Crippen LogP contribution in [0.25, 0.3) is 99.5 Å². The molecule has 0 aliphatic carbocycles. The van der Waals surface area contributed by atoms with Crippen molar-refractivity contribution in [1.82, 2.24) is 9.13 Å². The smallest absolute Gasteiger partial charge is 0.252 e. The van der Waals surface area contributed by atoms with Crippen molar-refractivity contribution in [2.75, 3.05) is 9.80 Å². The van der Waals surface area contributed by atoms with Crippen molar-refractivity contribution < 1.29 is 11.0 Å². The Bertz CT molecular complexity index is 6780. The van der Waals surface area contributed by atoms with Crippen LogP contribution in [0.1, 0.15) is 301 Å². The van der Waals surface area contributed by atoms with Gasteiger partial charge in [0.15, 0.2) is 0 Å². The second kappa shape index (κ2) is 33.5. The summed E-state index contributed by atoms with van der Waals surface area (Å²) in [7, 11) is 0. The van der Waals surface area contributed by atoms with E-state index >= 15 is 0 Å². The SMILES string of the molecule is [2H]C([2H])(c1ccc2c(c1)c1cc(C([2H])([2H])C(C)(C)C)ccc1n2-c1ccc2c(c1)N(c1c(-c3cccc(C(C)(C)C)c3)cc(CC(C)(C)C)cc1-c1cccc(C(C)(C)C)c1)c1cc(CC(C)(C)C)cc3c1B2c1ccc(-n2c4ccc(C([2H])([2H])C(C)(C)C)cc4c4cc(C([2H])([2H])C(C)(C)C)ccc42)cc1N3c1c(-c2cccc(C(C)(C)C)c2)cc(CC(C)(C)C)cc1-c1cccc(C(C)(C)C)c1)C(C)(C)C. The summed E-state index contributed by atoms with van der Waals surface area (Å²) in [6.45, 7) is 72.3. The first-order valence-corrected chi connectivity index (χ1v) is 49.3. The van der Waals surface area contributed by atoms with Crippen LogP contribution >= 0.6 is 0 Å². The van der Waals surface area contributed by atoms with Gasteiger partial charge >= 0.3 is 0 Å². The summed E-state index contributed by atoms with van der Waals surface area (Å²) in [6, 6.07) is 91.8. The summed E-state index contributed by atoms with van der Waals surface area (Å²) in [5.74, 6) is 0. The normalized spacial score (nSPS) is 15.2. The first-order chi connectivity index (χ1) is 65.3. The number of aromatic nitrogens is 2. The van der Waals surface area contributed by atoms with E-state index < -0.39 is 53.9 Å². The molecule has 2 aliphatic heterocycles. The van der Waals surface area contributed by atoms with Gasteiger partial charge in [-0.3, -0.25) is 0 Å². The summed E-state index contributed by atoms with van der Waals surface area (Å²) in [5.41, 5.74) is 29.5. The van der Waals surface area contributed by atoms with Gasteiger partial charge in [0.1, 0.15) is 0 Å². The van der Waals surface area contributed by atoms with E-state index in [4.69, 9.17) is 0 Å². The van der Waals surface area contributed by atoms with E-state index in [1.807, 2.05) is 132 Å². The summed E-state index contributed by atoms with van der Waals surface area (Å²) < 4.78 is 84.4. The monoisotopic (exact) mass is 1780 g/mol. The maximum atomic E-state index is 9.95. The maximum Gasteiger partial charge on any atom is 0.252 e. The Morgan fingerprint density at radius 3 is 0.709 bits per heavy atom. The van der Waals surface area contributed by atoms with Crippen LogP contribution in [0.15, 0.2) is 243 Å². The topological polar surface area (TPSA) is 16.3 Å². The third-order valence-electron chi connectivity index (χ3n) is 26.4. The number of benzene rings is 13. The lowest BCUT2D eigenvalue weighted by atomic mass is 9.33. The van der Waals surface area contributed by atoms with Crippen LogP contribution in [-0.2, 0) is 66.4 Å². The summed E-state index contributed by atoms with van der Waals surface area (Å²) in [5, 5.41) is 3.33. The van der Waals surface area contributed by atoms with Gasteiger partial charge in [0.2, 0.25) is 0 Å². The number of hydrogen-bond acceptors (Lipinski definition) is 2. The van der Waals surface area contributed by atoms with Crippen LogP contribution in [0.4, 0.5) is 34.1 Å². The molecule has 5 heteroatoms. The summed E-state index contributed by atoms with van der Waals surface area (Å²) >= 11 is 0. The number of anilines is 6. The Labute approximate surface area is 818 Å². The molecule has 0 atom stereocenters. The van der Waals surface area contributed by atoms with E-state index in [0.717, 1.165) is 168 Å². The Hall–Kier alpha value is -10.9. The molecule has 0 spiro atoms. The lowest BCUT2D eigenvalue weighted by molar-refractivity contribution is 0.411. The molecule has 4 nitrogen and oxygen atoms in total. The highest BCUT2D eigenvalue weighted by atomic mass is 15.2.